The number of benzene rings is 2. The van der Waals surface area contributed by atoms with E-state index in [1.807, 2.05) is 48.5 Å². The third-order valence-electron chi connectivity index (χ3n) is 5.10. The molecule has 6 heteroatoms. The highest BCUT2D eigenvalue weighted by Gasteiger charge is 2.21. The van der Waals surface area contributed by atoms with Crippen LogP contribution in [0.25, 0.3) is 0 Å². The summed E-state index contributed by atoms with van der Waals surface area (Å²) in [6, 6.07) is 17.2. The Kier molecular flexibility index (Phi) is 7.76. The predicted molar refractivity (Wildman–Crippen MR) is 121 cm³/mol. The van der Waals surface area contributed by atoms with Crippen LogP contribution in [0.1, 0.15) is 44.1 Å². The third-order valence-corrected chi connectivity index (χ3v) is 5.30. The second-order valence-electron chi connectivity index (χ2n) is 7.39. The van der Waals surface area contributed by atoms with Crippen molar-refractivity contribution < 1.29 is 9.59 Å². The minimum atomic E-state index is -0.0424. The number of hydrogen-bond acceptors (Lipinski definition) is 3. The summed E-state index contributed by atoms with van der Waals surface area (Å²) in [5, 5.41) is 9.02. The maximum absolute atomic E-state index is 12.3. The number of nitrogens with one attached hydrogen (secondary N) is 3. The lowest BCUT2D eigenvalue weighted by atomic mass is 9.89. The van der Waals surface area contributed by atoms with Gasteiger partial charge in [-0.25, -0.2) is 0 Å². The highest BCUT2D eigenvalue weighted by molar-refractivity contribution is 7.80. The molecular formula is C23H27N3O2S. The van der Waals surface area contributed by atoms with E-state index in [2.05, 4.69) is 16.0 Å². The summed E-state index contributed by atoms with van der Waals surface area (Å²) in [6.45, 7) is 0. The average Bonchev–Trinajstić information content (AvgIpc) is 2.74. The van der Waals surface area contributed by atoms with Crippen molar-refractivity contribution in [2.24, 2.45) is 5.92 Å². The Balaban J connectivity index is 1.47. The molecule has 1 saturated carbocycles. The molecule has 0 radical (unpaired) electrons. The monoisotopic (exact) mass is 409 g/mol. The summed E-state index contributed by atoms with van der Waals surface area (Å²) in [7, 11) is 0. The van der Waals surface area contributed by atoms with Gasteiger partial charge in [-0.15, -0.1) is 0 Å². The number of rotatable bonds is 6. The zero-order chi connectivity index (χ0) is 20.5. The van der Waals surface area contributed by atoms with Crippen molar-refractivity contribution in [1.82, 2.24) is 5.32 Å². The van der Waals surface area contributed by atoms with E-state index >= 15 is 0 Å². The molecule has 1 fully saturated rings. The van der Waals surface area contributed by atoms with Gasteiger partial charge in [0.2, 0.25) is 11.8 Å². The standard InChI is InChI=1S/C23H27N3O2S/c27-21(15-14-17-8-3-1-4-9-17)24-19-12-7-13-20(16-19)25-23(29)26-22(28)18-10-5-2-6-11-18/h1,3-4,7-9,12-13,16,18H,2,5-6,10-11,14-15H2,(H,24,27)(H2,25,26,28,29). The molecule has 1 aliphatic carbocycles. The molecule has 2 aromatic carbocycles. The molecule has 0 atom stereocenters. The van der Waals surface area contributed by atoms with Gasteiger partial charge in [0.25, 0.3) is 0 Å². The molecule has 3 N–H and O–H groups in total. The molecule has 0 unspecified atom stereocenters. The van der Waals surface area contributed by atoms with Crippen molar-refractivity contribution in [3.63, 3.8) is 0 Å². The van der Waals surface area contributed by atoms with E-state index in [0.717, 1.165) is 36.9 Å². The number of thiocarbonyl (C=S) groups is 1. The highest BCUT2D eigenvalue weighted by Crippen LogP contribution is 2.23. The maximum atomic E-state index is 12.3. The van der Waals surface area contributed by atoms with E-state index in [1.54, 1.807) is 6.07 Å². The van der Waals surface area contributed by atoms with Crippen LogP contribution in [-0.2, 0) is 16.0 Å². The van der Waals surface area contributed by atoms with Gasteiger partial charge in [0.05, 0.1) is 0 Å². The lowest BCUT2D eigenvalue weighted by Gasteiger charge is -2.21. The lowest BCUT2D eigenvalue weighted by molar-refractivity contribution is -0.124. The topological polar surface area (TPSA) is 70.2 Å². The second-order valence-corrected chi connectivity index (χ2v) is 7.80. The summed E-state index contributed by atoms with van der Waals surface area (Å²) in [4.78, 5) is 24.5. The average molecular weight is 410 g/mol. The predicted octanol–water partition coefficient (Wildman–Crippen LogP) is 4.65. The van der Waals surface area contributed by atoms with Crippen LogP contribution in [-0.4, -0.2) is 16.9 Å². The Morgan fingerprint density at radius 1 is 0.897 bits per heavy atom. The first-order valence-electron chi connectivity index (χ1n) is 10.2. The summed E-state index contributed by atoms with van der Waals surface area (Å²) < 4.78 is 0. The Bertz CT molecular complexity index is 848. The van der Waals surface area contributed by atoms with Crippen molar-refractivity contribution in [2.75, 3.05) is 10.6 Å². The summed E-state index contributed by atoms with van der Waals surface area (Å²) in [6.07, 6.45) is 6.38. The minimum absolute atomic E-state index is 0.00688. The Hall–Kier alpha value is -2.73. The Morgan fingerprint density at radius 3 is 2.31 bits per heavy atom. The van der Waals surface area contributed by atoms with Gasteiger partial charge in [0.1, 0.15) is 0 Å². The molecule has 2 aromatic rings. The van der Waals surface area contributed by atoms with Crippen LogP contribution in [0.4, 0.5) is 11.4 Å². The van der Waals surface area contributed by atoms with E-state index < -0.39 is 0 Å². The van der Waals surface area contributed by atoms with Crippen LogP contribution in [0.3, 0.4) is 0 Å². The fourth-order valence-electron chi connectivity index (χ4n) is 3.54. The number of anilines is 2. The molecule has 5 nitrogen and oxygen atoms in total. The smallest absolute Gasteiger partial charge is 0.229 e. The molecule has 0 bridgehead atoms. The molecular weight excluding hydrogens is 382 g/mol. The summed E-state index contributed by atoms with van der Waals surface area (Å²) >= 11 is 5.28. The molecule has 0 aromatic heterocycles. The zero-order valence-electron chi connectivity index (χ0n) is 16.4. The van der Waals surface area contributed by atoms with E-state index in [4.69, 9.17) is 12.2 Å². The highest BCUT2D eigenvalue weighted by atomic mass is 32.1. The summed E-state index contributed by atoms with van der Waals surface area (Å²) in [5.41, 5.74) is 2.55. The molecule has 1 aliphatic rings. The minimum Gasteiger partial charge on any atom is -0.332 e. The number of hydrogen-bond donors (Lipinski definition) is 3. The van der Waals surface area contributed by atoms with Gasteiger partial charge in [0.15, 0.2) is 5.11 Å². The van der Waals surface area contributed by atoms with Crippen LogP contribution in [0.15, 0.2) is 54.6 Å². The number of amides is 2. The van der Waals surface area contributed by atoms with Crippen LogP contribution < -0.4 is 16.0 Å². The summed E-state index contributed by atoms with van der Waals surface area (Å²) in [5.74, 6) is 0.00508. The number of aryl methyl sites for hydroxylation is 1. The first-order chi connectivity index (χ1) is 14.1. The van der Waals surface area contributed by atoms with Gasteiger partial charge >= 0.3 is 0 Å². The van der Waals surface area contributed by atoms with Crippen molar-refractivity contribution in [1.29, 1.82) is 0 Å². The van der Waals surface area contributed by atoms with Gasteiger partial charge in [-0.05, 0) is 55.2 Å². The maximum Gasteiger partial charge on any atom is 0.229 e. The normalized spacial score (nSPS) is 14.1. The zero-order valence-corrected chi connectivity index (χ0v) is 17.3. The SMILES string of the molecule is O=C(CCc1ccccc1)Nc1cccc(NC(=S)NC(=O)C2CCCCC2)c1. The van der Waals surface area contributed by atoms with Crippen LogP contribution in [0.2, 0.25) is 0 Å². The van der Waals surface area contributed by atoms with Gasteiger partial charge < -0.3 is 16.0 Å². The quantitative estimate of drug-likeness (QED) is 0.608. The van der Waals surface area contributed by atoms with E-state index in [0.29, 0.717) is 18.5 Å². The molecule has 0 heterocycles. The molecule has 152 valence electrons. The van der Waals surface area contributed by atoms with Gasteiger partial charge in [0, 0.05) is 23.7 Å². The number of carbonyl (C=O) groups excluding carboxylic acids is 2. The van der Waals surface area contributed by atoms with Crippen molar-refractivity contribution >= 4 is 40.5 Å². The molecule has 3 rings (SSSR count). The van der Waals surface area contributed by atoms with E-state index in [-0.39, 0.29) is 22.8 Å². The van der Waals surface area contributed by atoms with Crippen LogP contribution >= 0.6 is 12.2 Å². The lowest BCUT2D eigenvalue weighted by Crippen LogP contribution is -2.39. The molecule has 0 aliphatic heterocycles. The fraction of sp³-hybridized carbons (Fsp3) is 0.348. The largest absolute Gasteiger partial charge is 0.332 e. The Morgan fingerprint density at radius 2 is 1.59 bits per heavy atom. The molecule has 29 heavy (non-hydrogen) atoms. The number of carbonyl (C=O) groups is 2. The van der Waals surface area contributed by atoms with Gasteiger partial charge in [-0.2, -0.15) is 0 Å². The molecule has 0 spiro atoms. The Labute approximate surface area is 177 Å². The van der Waals surface area contributed by atoms with Crippen LogP contribution in [0, 0.1) is 5.92 Å². The van der Waals surface area contributed by atoms with E-state index in [1.165, 1.54) is 6.42 Å². The van der Waals surface area contributed by atoms with Crippen molar-refractivity contribution in [2.45, 2.75) is 44.9 Å². The molecule has 2 amide bonds. The fourth-order valence-corrected chi connectivity index (χ4v) is 3.76. The van der Waals surface area contributed by atoms with Crippen LogP contribution in [0.5, 0.6) is 0 Å². The second kappa shape index (κ2) is 10.7. The van der Waals surface area contributed by atoms with Crippen molar-refractivity contribution in [3.05, 3.63) is 60.2 Å². The van der Waals surface area contributed by atoms with Crippen molar-refractivity contribution in [3.8, 4) is 0 Å². The van der Waals surface area contributed by atoms with Gasteiger partial charge in [-0.3, -0.25) is 9.59 Å². The first kappa shape index (κ1) is 21.0. The van der Waals surface area contributed by atoms with E-state index in [9.17, 15) is 9.59 Å². The van der Waals surface area contributed by atoms with Gasteiger partial charge in [-0.1, -0.05) is 55.7 Å². The first-order valence-corrected chi connectivity index (χ1v) is 10.6. The third kappa shape index (κ3) is 6.98. The molecule has 0 saturated heterocycles.